The van der Waals surface area contributed by atoms with Crippen LogP contribution >= 0.6 is 22.9 Å². The lowest BCUT2D eigenvalue weighted by atomic mass is 10.1. The number of ether oxygens (including phenoxy) is 2. The average Bonchev–Trinajstić information content (AvgIpc) is 3.61. The summed E-state index contributed by atoms with van der Waals surface area (Å²) >= 11 is 7.42. The van der Waals surface area contributed by atoms with Crippen LogP contribution in [0.5, 0.6) is 5.88 Å². The van der Waals surface area contributed by atoms with Crippen molar-refractivity contribution in [2.45, 2.75) is 38.6 Å². The van der Waals surface area contributed by atoms with E-state index in [0.29, 0.717) is 64.7 Å². The van der Waals surface area contributed by atoms with Crippen molar-refractivity contribution in [2.75, 3.05) is 19.7 Å². The molecule has 0 amide bonds. The van der Waals surface area contributed by atoms with E-state index in [0.717, 1.165) is 30.6 Å². The molecule has 2 aliphatic heterocycles. The second-order valence-corrected chi connectivity index (χ2v) is 11.3. The molecule has 0 radical (unpaired) electrons. The van der Waals surface area contributed by atoms with Crippen LogP contribution in [0.3, 0.4) is 0 Å². The molecule has 1 saturated heterocycles. The summed E-state index contributed by atoms with van der Waals surface area (Å²) in [6.07, 6.45) is 4.74. The Hall–Kier alpha value is -3.45. The Bertz CT molecular complexity index is 1800. The zero-order chi connectivity index (χ0) is 28.1. The fourth-order valence-electron chi connectivity index (χ4n) is 5.14. The summed E-state index contributed by atoms with van der Waals surface area (Å²) in [4.78, 5) is 16.1. The van der Waals surface area contributed by atoms with Gasteiger partial charge in [-0.3, -0.25) is 4.90 Å². The predicted octanol–water partition coefficient (Wildman–Crippen LogP) is 6.36. The lowest BCUT2D eigenvalue weighted by molar-refractivity contribution is -0.0592. The highest BCUT2D eigenvalue weighted by Crippen LogP contribution is 2.31. The summed E-state index contributed by atoms with van der Waals surface area (Å²) in [5, 5.41) is 2.24. The van der Waals surface area contributed by atoms with Crippen LogP contribution in [0.1, 0.15) is 30.1 Å². The van der Waals surface area contributed by atoms with Crippen molar-refractivity contribution < 1.29 is 27.1 Å². The highest BCUT2D eigenvalue weighted by atomic mass is 35.5. The van der Waals surface area contributed by atoms with E-state index in [-0.39, 0.29) is 30.0 Å². The SMILES string of the molecule is Fc1cc2c(Cl)ccc(COc3nc(C4=CCN(Cc5nc6scc(F)c6n5CC5CCO5)CC4)ncc3F)c2o1. The normalized spacial score (nSPS) is 17.8. The number of hydrogen-bond donors (Lipinski definition) is 0. The first-order valence-electron chi connectivity index (χ1n) is 13.1. The summed E-state index contributed by atoms with van der Waals surface area (Å²) < 4.78 is 61.1. The molecule has 0 aliphatic carbocycles. The Balaban J connectivity index is 1.05. The number of rotatable bonds is 8. The number of thiophene rings is 1. The van der Waals surface area contributed by atoms with Crippen molar-refractivity contribution in [3.05, 3.63) is 75.7 Å². The number of nitrogens with zero attached hydrogens (tertiary/aromatic N) is 5. The van der Waals surface area contributed by atoms with Gasteiger partial charge in [0.1, 0.15) is 28.4 Å². The molecule has 2 aliphatic rings. The summed E-state index contributed by atoms with van der Waals surface area (Å²) in [5.41, 5.74) is 2.15. The standard InChI is InChI=1S/C28H23ClF3N5O3S/c29-19-2-1-16(25-18(19)9-22(32)40-25)13-39-27-20(30)10-33-26(35-27)15-3-6-36(7-4-15)12-23-34-28-24(21(31)14-41-28)37(23)11-17-5-8-38-17/h1-3,9-10,14,17H,4-8,11-13H2. The second kappa shape index (κ2) is 10.8. The Morgan fingerprint density at radius 2 is 2.05 bits per heavy atom. The monoisotopic (exact) mass is 601 g/mol. The number of aromatic nitrogens is 4. The quantitative estimate of drug-likeness (QED) is 0.205. The third-order valence-corrected chi connectivity index (χ3v) is 8.56. The molecule has 13 heteroatoms. The van der Waals surface area contributed by atoms with Gasteiger partial charge in [-0.05, 0) is 24.5 Å². The third kappa shape index (κ3) is 5.09. The molecule has 1 atom stereocenters. The summed E-state index contributed by atoms with van der Waals surface area (Å²) in [6, 6.07) is 3.66. The molecule has 5 aromatic rings. The highest BCUT2D eigenvalue weighted by molar-refractivity contribution is 7.16. The molecule has 41 heavy (non-hydrogen) atoms. The van der Waals surface area contributed by atoms with E-state index >= 15 is 0 Å². The number of imidazole rings is 1. The van der Waals surface area contributed by atoms with E-state index in [2.05, 4.69) is 14.9 Å². The van der Waals surface area contributed by atoms with Gasteiger partial charge in [0, 0.05) is 42.1 Å². The Morgan fingerprint density at radius 1 is 1.17 bits per heavy atom. The first-order chi connectivity index (χ1) is 19.9. The van der Waals surface area contributed by atoms with Gasteiger partial charge in [-0.25, -0.2) is 14.4 Å². The molecular weight excluding hydrogens is 579 g/mol. The summed E-state index contributed by atoms with van der Waals surface area (Å²) in [7, 11) is 0. The van der Waals surface area contributed by atoms with Gasteiger partial charge in [-0.15, -0.1) is 11.3 Å². The lowest BCUT2D eigenvalue weighted by Gasteiger charge is -2.29. The van der Waals surface area contributed by atoms with E-state index in [1.807, 2.05) is 10.6 Å². The van der Waals surface area contributed by atoms with Crippen LogP contribution in [0.25, 0.3) is 26.9 Å². The van der Waals surface area contributed by atoms with Crippen molar-refractivity contribution in [1.82, 2.24) is 24.4 Å². The molecule has 7 rings (SSSR count). The maximum Gasteiger partial charge on any atom is 0.278 e. The first-order valence-corrected chi connectivity index (χ1v) is 14.4. The molecule has 1 unspecified atom stereocenters. The molecule has 8 nitrogen and oxygen atoms in total. The van der Waals surface area contributed by atoms with Crippen molar-refractivity contribution in [2.24, 2.45) is 0 Å². The van der Waals surface area contributed by atoms with Crippen molar-refractivity contribution in [3.8, 4) is 5.88 Å². The van der Waals surface area contributed by atoms with Crippen molar-refractivity contribution >= 4 is 49.8 Å². The van der Waals surface area contributed by atoms with Crippen LogP contribution in [0.15, 0.2) is 40.3 Å². The lowest BCUT2D eigenvalue weighted by Crippen LogP contribution is -2.33. The van der Waals surface area contributed by atoms with E-state index in [9.17, 15) is 13.2 Å². The molecule has 1 fully saturated rings. The zero-order valence-corrected chi connectivity index (χ0v) is 23.2. The average molecular weight is 602 g/mol. The van der Waals surface area contributed by atoms with Gasteiger partial charge in [0.2, 0.25) is 5.82 Å². The number of furan rings is 1. The van der Waals surface area contributed by atoms with E-state index in [4.69, 9.17) is 30.5 Å². The van der Waals surface area contributed by atoms with Gasteiger partial charge in [0.15, 0.2) is 11.6 Å². The van der Waals surface area contributed by atoms with Crippen LogP contribution in [0, 0.1) is 17.6 Å². The van der Waals surface area contributed by atoms with Crippen molar-refractivity contribution in [3.63, 3.8) is 0 Å². The minimum atomic E-state index is -0.772. The number of hydrogen-bond acceptors (Lipinski definition) is 8. The molecule has 1 aromatic carbocycles. The first kappa shape index (κ1) is 26.4. The van der Waals surface area contributed by atoms with Gasteiger partial charge in [0.05, 0.1) is 30.4 Å². The number of benzene rings is 1. The van der Waals surface area contributed by atoms with Gasteiger partial charge in [-0.2, -0.15) is 13.8 Å². The maximum absolute atomic E-state index is 14.5. The van der Waals surface area contributed by atoms with Crippen molar-refractivity contribution in [1.29, 1.82) is 0 Å². The third-order valence-electron chi connectivity index (χ3n) is 7.40. The fraction of sp³-hybridized carbons (Fsp3) is 0.321. The number of fused-ring (bicyclic) bond motifs is 2. The molecule has 0 spiro atoms. The maximum atomic E-state index is 14.5. The van der Waals surface area contributed by atoms with Gasteiger partial charge in [-0.1, -0.05) is 23.7 Å². The van der Waals surface area contributed by atoms with Gasteiger partial charge in [0.25, 0.3) is 11.9 Å². The van der Waals surface area contributed by atoms with Crippen LogP contribution in [0.4, 0.5) is 13.2 Å². The van der Waals surface area contributed by atoms with E-state index in [1.165, 1.54) is 22.8 Å². The second-order valence-electron chi connectivity index (χ2n) is 10.0. The van der Waals surface area contributed by atoms with Crippen LogP contribution in [0.2, 0.25) is 5.02 Å². The molecular formula is C28H23ClF3N5O3S. The molecule has 6 heterocycles. The molecule has 4 aromatic heterocycles. The molecule has 0 N–H and O–H groups in total. The number of halogens is 4. The largest absolute Gasteiger partial charge is 0.470 e. The van der Waals surface area contributed by atoms with Gasteiger partial charge >= 0.3 is 0 Å². The smallest absolute Gasteiger partial charge is 0.278 e. The minimum Gasteiger partial charge on any atom is -0.470 e. The Kier molecular flexibility index (Phi) is 6.93. The topological polar surface area (TPSA) is 78.4 Å². The fourth-order valence-corrected chi connectivity index (χ4v) is 6.15. The summed E-state index contributed by atoms with van der Waals surface area (Å²) in [5.74, 6) is -0.00259. The van der Waals surface area contributed by atoms with E-state index in [1.54, 1.807) is 12.1 Å². The van der Waals surface area contributed by atoms with E-state index < -0.39 is 11.8 Å². The minimum absolute atomic E-state index is 0.0799. The Morgan fingerprint density at radius 3 is 2.83 bits per heavy atom. The zero-order valence-electron chi connectivity index (χ0n) is 21.6. The summed E-state index contributed by atoms with van der Waals surface area (Å²) in [6.45, 7) is 3.06. The Labute approximate surface area is 241 Å². The van der Waals surface area contributed by atoms with Gasteiger partial charge < -0.3 is 18.5 Å². The molecule has 0 saturated carbocycles. The van der Waals surface area contributed by atoms with Crippen LogP contribution < -0.4 is 4.74 Å². The van der Waals surface area contributed by atoms with Crippen LogP contribution in [-0.4, -0.2) is 50.2 Å². The van der Waals surface area contributed by atoms with Crippen LogP contribution in [-0.2, 0) is 24.4 Å². The molecule has 0 bridgehead atoms. The highest BCUT2D eigenvalue weighted by Gasteiger charge is 2.26. The molecule has 212 valence electrons. The predicted molar refractivity (Wildman–Crippen MR) is 147 cm³/mol.